The molecule has 0 aromatic rings. The van der Waals surface area contributed by atoms with Crippen LogP contribution in [-0.4, -0.2) is 36.6 Å². The maximum absolute atomic E-state index is 11.5. The molecule has 0 saturated heterocycles. The highest BCUT2D eigenvalue weighted by Gasteiger charge is 2.09. The fourth-order valence-corrected chi connectivity index (χ4v) is 1.42. The third-order valence-corrected chi connectivity index (χ3v) is 2.34. The first-order valence-corrected chi connectivity index (χ1v) is 6.87. The molecule has 3 N–H and O–H groups in total. The van der Waals surface area contributed by atoms with Crippen LogP contribution in [0.5, 0.6) is 0 Å². The number of nitrogens with one attached hydrogen (secondary N) is 3. The molecule has 0 aliphatic rings. The summed E-state index contributed by atoms with van der Waals surface area (Å²) in [5.41, 5.74) is 0.234. The molecule has 0 fully saturated rings. The second-order valence-electron chi connectivity index (χ2n) is 6.81. The fourth-order valence-electron chi connectivity index (χ4n) is 1.42. The first kappa shape index (κ1) is 17.4. The van der Waals surface area contributed by atoms with Crippen molar-refractivity contribution >= 4 is 5.91 Å². The van der Waals surface area contributed by atoms with Crippen molar-refractivity contribution in [2.75, 3.05) is 19.6 Å². The van der Waals surface area contributed by atoms with Gasteiger partial charge in [0.15, 0.2) is 0 Å². The number of carbonyl (C=O) groups is 1. The van der Waals surface area contributed by atoms with Gasteiger partial charge in [-0.1, -0.05) is 0 Å². The number of rotatable bonds is 7. The van der Waals surface area contributed by atoms with E-state index in [4.69, 9.17) is 0 Å². The normalized spacial score (nSPS) is 12.6. The fraction of sp³-hybridized carbons (Fsp3) is 0.929. The molecule has 108 valence electrons. The Balaban J connectivity index is 3.44. The maximum atomic E-state index is 11.5. The number of hydrogen-bond acceptors (Lipinski definition) is 3. The third-order valence-electron chi connectivity index (χ3n) is 2.34. The molecule has 18 heavy (non-hydrogen) atoms. The Labute approximate surface area is 112 Å². The zero-order chi connectivity index (χ0) is 14.2. The summed E-state index contributed by atoms with van der Waals surface area (Å²) < 4.78 is 0. The first-order valence-electron chi connectivity index (χ1n) is 6.87. The summed E-state index contributed by atoms with van der Waals surface area (Å²) in [6, 6.07) is 0. The topological polar surface area (TPSA) is 53.2 Å². The highest BCUT2D eigenvalue weighted by molar-refractivity contribution is 5.75. The van der Waals surface area contributed by atoms with E-state index in [1.165, 1.54) is 0 Å². The van der Waals surface area contributed by atoms with Crippen molar-refractivity contribution in [2.45, 2.75) is 65.5 Å². The van der Waals surface area contributed by atoms with Gasteiger partial charge in [0.25, 0.3) is 0 Å². The van der Waals surface area contributed by atoms with E-state index in [0.717, 1.165) is 26.1 Å². The van der Waals surface area contributed by atoms with Crippen LogP contribution < -0.4 is 16.0 Å². The molecule has 0 saturated carbocycles. The highest BCUT2D eigenvalue weighted by Crippen LogP contribution is 1.98. The van der Waals surface area contributed by atoms with Gasteiger partial charge in [-0.05, 0) is 54.5 Å². The molecule has 0 aromatic heterocycles. The Morgan fingerprint density at radius 1 is 0.833 bits per heavy atom. The predicted molar refractivity (Wildman–Crippen MR) is 77.8 cm³/mol. The van der Waals surface area contributed by atoms with E-state index in [1.807, 2.05) is 0 Å². The molecular weight excluding hydrogens is 226 g/mol. The Morgan fingerprint density at radius 3 is 1.83 bits per heavy atom. The number of hydrogen-bond donors (Lipinski definition) is 3. The van der Waals surface area contributed by atoms with Crippen LogP contribution in [-0.2, 0) is 4.79 Å². The average Bonchev–Trinajstić information content (AvgIpc) is 2.13. The van der Waals surface area contributed by atoms with Crippen LogP contribution in [0.1, 0.15) is 54.4 Å². The van der Waals surface area contributed by atoms with Gasteiger partial charge in [-0.3, -0.25) is 4.79 Å². The van der Waals surface area contributed by atoms with E-state index in [9.17, 15) is 4.79 Å². The van der Waals surface area contributed by atoms with Crippen LogP contribution in [0, 0.1) is 0 Å². The lowest BCUT2D eigenvalue weighted by molar-refractivity contribution is -0.121. The van der Waals surface area contributed by atoms with E-state index < -0.39 is 0 Å². The highest BCUT2D eigenvalue weighted by atomic mass is 16.1. The van der Waals surface area contributed by atoms with Crippen molar-refractivity contribution in [3.63, 3.8) is 0 Å². The molecule has 0 radical (unpaired) electrons. The van der Waals surface area contributed by atoms with E-state index in [-0.39, 0.29) is 17.0 Å². The van der Waals surface area contributed by atoms with Crippen molar-refractivity contribution < 1.29 is 4.79 Å². The summed E-state index contributed by atoms with van der Waals surface area (Å²) in [5.74, 6) is 0.127. The van der Waals surface area contributed by atoms with Gasteiger partial charge in [0.2, 0.25) is 5.91 Å². The SMILES string of the molecule is CC(C)(C)NCCCNC(=O)CCNC(C)(C)C. The lowest BCUT2D eigenvalue weighted by Crippen LogP contribution is -2.39. The van der Waals surface area contributed by atoms with Crippen molar-refractivity contribution in [1.29, 1.82) is 0 Å². The Bertz CT molecular complexity index is 238. The second-order valence-corrected chi connectivity index (χ2v) is 6.81. The minimum atomic E-state index is 0.0803. The summed E-state index contributed by atoms with van der Waals surface area (Å²) in [5, 5.41) is 9.63. The van der Waals surface area contributed by atoms with Gasteiger partial charge in [-0.2, -0.15) is 0 Å². The van der Waals surface area contributed by atoms with Crippen molar-refractivity contribution in [3.8, 4) is 0 Å². The van der Waals surface area contributed by atoms with E-state index in [2.05, 4.69) is 57.5 Å². The Morgan fingerprint density at radius 2 is 1.33 bits per heavy atom. The standard InChI is InChI=1S/C14H31N3O/c1-13(2,3)16-10-7-9-15-12(18)8-11-17-14(4,5)6/h16-17H,7-11H2,1-6H3,(H,15,18). The summed E-state index contributed by atoms with van der Waals surface area (Å²) in [7, 11) is 0. The van der Waals surface area contributed by atoms with Gasteiger partial charge in [-0.25, -0.2) is 0 Å². The average molecular weight is 257 g/mol. The zero-order valence-corrected chi connectivity index (χ0v) is 12.9. The molecule has 0 aromatic carbocycles. The van der Waals surface area contributed by atoms with E-state index in [0.29, 0.717) is 6.42 Å². The molecule has 0 aliphatic carbocycles. The smallest absolute Gasteiger partial charge is 0.221 e. The monoisotopic (exact) mass is 257 g/mol. The predicted octanol–water partition coefficient (Wildman–Crippen LogP) is 1.66. The second kappa shape index (κ2) is 7.74. The van der Waals surface area contributed by atoms with Crippen molar-refractivity contribution in [2.24, 2.45) is 0 Å². The third kappa shape index (κ3) is 13.5. The molecule has 1 amide bonds. The summed E-state index contributed by atoms with van der Waals surface area (Å²) >= 11 is 0. The minimum Gasteiger partial charge on any atom is -0.356 e. The van der Waals surface area contributed by atoms with Gasteiger partial charge < -0.3 is 16.0 Å². The van der Waals surface area contributed by atoms with E-state index in [1.54, 1.807) is 0 Å². The van der Waals surface area contributed by atoms with E-state index >= 15 is 0 Å². The van der Waals surface area contributed by atoms with Gasteiger partial charge in [-0.15, -0.1) is 0 Å². The zero-order valence-electron chi connectivity index (χ0n) is 12.9. The van der Waals surface area contributed by atoms with Crippen molar-refractivity contribution in [3.05, 3.63) is 0 Å². The lowest BCUT2D eigenvalue weighted by Gasteiger charge is -2.21. The molecule has 0 bridgehead atoms. The molecule has 0 atom stereocenters. The molecule has 0 rings (SSSR count). The van der Waals surface area contributed by atoms with Crippen LogP contribution in [0.4, 0.5) is 0 Å². The van der Waals surface area contributed by atoms with Crippen LogP contribution in [0.15, 0.2) is 0 Å². The van der Waals surface area contributed by atoms with Crippen LogP contribution in [0.3, 0.4) is 0 Å². The molecule has 0 aliphatic heterocycles. The van der Waals surface area contributed by atoms with Crippen LogP contribution in [0.2, 0.25) is 0 Å². The largest absolute Gasteiger partial charge is 0.356 e. The lowest BCUT2D eigenvalue weighted by atomic mass is 10.1. The van der Waals surface area contributed by atoms with Gasteiger partial charge in [0.1, 0.15) is 0 Å². The quantitative estimate of drug-likeness (QED) is 0.608. The summed E-state index contributed by atoms with van der Waals surface area (Å²) in [4.78, 5) is 11.5. The molecule has 0 heterocycles. The molecule has 0 unspecified atom stereocenters. The first-order chi connectivity index (χ1) is 8.10. The maximum Gasteiger partial charge on any atom is 0.221 e. The van der Waals surface area contributed by atoms with Gasteiger partial charge in [0, 0.05) is 30.6 Å². The molecule has 4 heteroatoms. The van der Waals surface area contributed by atoms with Crippen LogP contribution in [0.25, 0.3) is 0 Å². The molecule has 0 spiro atoms. The van der Waals surface area contributed by atoms with Crippen molar-refractivity contribution in [1.82, 2.24) is 16.0 Å². The Kier molecular flexibility index (Phi) is 7.48. The summed E-state index contributed by atoms with van der Waals surface area (Å²) in [6.45, 7) is 15.1. The van der Waals surface area contributed by atoms with Gasteiger partial charge in [0.05, 0.1) is 0 Å². The van der Waals surface area contributed by atoms with Gasteiger partial charge >= 0.3 is 0 Å². The minimum absolute atomic E-state index is 0.0803. The number of amides is 1. The molecule has 4 nitrogen and oxygen atoms in total. The summed E-state index contributed by atoms with van der Waals surface area (Å²) in [6.07, 6.45) is 1.51. The Hall–Kier alpha value is -0.610. The van der Waals surface area contributed by atoms with Crippen LogP contribution >= 0.6 is 0 Å². The number of carbonyl (C=O) groups excluding carboxylic acids is 1. The molecular formula is C14H31N3O.